The van der Waals surface area contributed by atoms with E-state index in [2.05, 4.69) is 14.4 Å². The van der Waals surface area contributed by atoms with Crippen molar-refractivity contribution >= 4 is 211 Å². The Morgan fingerprint density at radius 2 is 0.542 bits per heavy atom. The van der Waals surface area contributed by atoms with Gasteiger partial charge in [-0.15, -0.1) is 0 Å². The molecule has 4 aliphatic rings. The van der Waals surface area contributed by atoms with Crippen LogP contribution in [0.5, 0.6) is 0 Å². The van der Waals surface area contributed by atoms with Crippen LogP contribution in [0.25, 0.3) is 0 Å². The zero-order valence-electron chi connectivity index (χ0n) is 10.9. The molecule has 0 nitrogen and oxygen atoms in total. The van der Waals surface area contributed by atoms with Gasteiger partial charge < -0.3 is 24.8 Å². The Labute approximate surface area is 278 Å². The summed E-state index contributed by atoms with van der Waals surface area (Å²) < 4.78 is 14.0. The van der Waals surface area contributed by atoms with Crippen molar-refractivity contribution in [2.45, 2.75) is 0 Å². The first kappa shape index (κ1) is 41.9. The number of hydrogen-bond donors (Lipinski definition) is 0. The summed E-state index contributed by atoms with van der Waals surface area (Å²) in [6, 6.07) is 0. The van der Waals surface area contributed by atoms with E-state index in [4.69, 9.17) is 0 Å². The number of rotatable bonds is 0. The fourth-order valence-corrected chi connectivity index (χ4v) is 292. The van der Waals surface area contributed by atoms with Crippen LogP contribution in [0.4, 0.5) is 0 Å². The molecule has 0 atom stereocenters. The molecule has 4 heterocycles. The Kier molecular flexibility index (Phi) is 66.8. The van der Waals surface area contributed by atoms with Gasteiger partial charge in [0, 0.05) is 0 Å². The minimum atomic E-state index is 0. The van der Waals surface area contributed by atoms with E-state index < -0.39 is 0 Å². The van der Waals surface area contributed by atoms with Crippen LogP contribution in [-0.2, 0) is 52.4 Å². The summed E-state index contributed by atoms with van der Waals surface area (Å²) in [5.74, 6) is 0. The van der Waals surface area contributed by atoms with Gasteiger partial charge in [-0.2, -0.15) is 0 Å². The van der Waals surface area contributed by atoms with Gasteiger partial charge in [-0.25, -0.2) is 0 Å². The van der Waals surface area contributed by atoms with E-state index in [1.54, 1.807) is 0 Å². The van der Waals surface area contributed by atoms with Gasteiger partial charge in [-0.05, 0) is 0 Å². The largest absolute Gasteiger partial charge is 2.00 e. The molecule has 0 saturated carbocycles. The maximum atomic E-state index is 3.49. The van der Waals surface area contributed by atoms with E-state index >= 15 is 0 Å². The third-order valence-corrected chi connectivity index (χ3v) is 217. The maximum absolute atomic E-state index is 3.49. The van der Waals surface area contributed by atoms with Crippen LogP contribution >= 0.6 is 0 Å². The molecule has 0 aromatic heterocycles. The minimum absolute atomic E-state index is 0. The second-order valence-electron chi connectivity index (χ2n) is 1.92. The summed E-state index contributed by atoms with van der Waals surface area (Å²) in [6.45, 7) is 0. The molecule has 4 radical (unpaired) electrons. The fraction of sp³-hybridized carbons (Fsp3) is 0. The van der Waals surface area contributed by atoms with Gasteiger partial charge in [0.15, 0.2) is 0 Å². The average molecular weight is 1500 g/mol. The molecule has 4 rings (SSSR count). The van der Waals surface area contributed by atoms with Gasteiger partial charge in [0.1, 0.15) is 0 Å². The predicted octanol–water partition coefficient (Wildman–Crippen LogP) is -13.2. The van der Waals surface area contributed by atoms with Gasteiger partial charge in [0.25, 0.3) is 0 Å². The second-order valence-corrected chi connectivity index (χ2v) is 133. The SMILES string of the molecule is [C-]1=[As][As]=[As][As]1.[C-]1=[As][As]=[As][As]1.[C-]1=[As][As]=[As][As]1.[C-]1=[As][As]=[As][As]1.[Cl-].[Cl-].[Zr+2].[Zr+2]. The van der Waals surface area contributed by atoms with Gasteiger partial charge >= 0.3 is 263 Å². The van der Waals surface area contributed by atoms with Crippen LogP contribution in [0.2, 0.25) is 0 Å². The molecule has 4 aliphatic heterocycles. The van der Waals surface area contributed by atoms with Crippen molar-refractivity contribution in [3.8, 4) is 0 Å². The Balaban J connectivity index is -0.000000105. The molecule has 0 aromatic rings. The van der Waals surface area contributed by atoms with E-state index in [1.165, 1.54) is 0 Å². The van der Waals surface area contributed by atoms with E-state index in [0.29, 0.717) is 0 Å². The quantitative estimate of drug-likeness (QED) is 0.168. The van der Waals surface area contributed by atoms with E-state index in [-0.39, 0.29) is 77.2 Å². The third-order valence-electron chi connectivity index (χ3n) is 0.876. The topological polar surface area (TPSA) is 0 Å². The van der Waals surface area contributed by atoms with Crippen molar-refractivity contribution in [2.24, 2.45) is 0 Å². The fourth-order valence-electron chi connectivity index (χ4n) is 0.400. The van der Waals surface area contributed by atoms with Crippen LogP contribution in [0.15, 0.2) is 0 Å². The molecule has 0 bridgehead atoms. The molecule has 24 heavy (non-hydrogen) atoms. The Morgan fingerprint density at radius 3 is 0.583 bits per heavy atom. The molecule has 0 N–H and O–H groups in total. The zero-order chi connectivity index (χ0) is 14.1. The normalized spacial score (nSPS) is 26.7. The summed E-state index contributed by atoms with van der Waals surface area (Å²) in [5, 5.41) is 0. The second kappa shape index (κ2) is 38.3. The van der Waals surface area contributed by atoms with Gasteiger partial charge in [0.2, 0.25) is 0 Å². The van der Waals surface area contributed by atoms with Crippen molar-refractivity contribution in [3.05, 3.63) is 0 Å². The smallest absolute Gasteiger partial charge is 1.00 e. The summed E-state index contributed by atoms with van der Waals surface area (Å²) in [6.07, 6.45) is 0. The van der Waals surface area contributed by atoms with Crippen molar-refractivity contribution in [1.82, 2.24) is 0 Å². The van der Waals surface area contributed by atoms with Crippen LogP contribution in [0.1, 0.15) is 0 Å². The minimum Gasteiger partial charge on any atom is -1.00 e. The predicted molar refractivity (Wildman–Crippen MR) is 112 cm³/mol. The molecule has 0 amide bonds. The first-order valence-electron chi connectivity index (χ1n) is 4.19. The summed E-state index contributed by atoms with van der Waals surface area (Å²) in [7, 11) is 0. The third kappa shape index (κ3) is 34.9. The Bertz CT molecular complexity index is 354. The van der Waals surface area contributed by atoms with Crippen LogP contribution in [0, 0.1) is 0 Å². The summed E-state index contributed by atoms with van der Waals surface area (Å²) in [5.41, 5.74) is 0. The zero-order valence-corrected chi connectivity index (χ0v) is 47.4. The standard InChI is InChI=1S/4CAs4.2ClH.2Zr/c4*1-2-4-5-3-1;;;;/h;;;;2*1H;;/q4*-1;;;2*+2/p-2. The number of halogens is 2. The molecular weight excluding hydrogens is 1500 g/mol. The first-order chi connectivity index (χ1) is 10.0. The van der Waals surface area contributed by atoms with Crippen molar-refractivity contribution in [2.75, 3.05) is 0 Å². The van der Waals surface area contributed by atoms with Gasteiger partial charge in [-0.1, -0.05) is 0 Å². The molecule has 0 unspecified atom stereocenters. The molecule has 0 spiro atoms. The van der Waals surface area contributed by atoms with E-state index in [9.17, 15) is 0 Å². The first-order valence-corrected chi connectivity index (χ1v) is 74.1. The molecule has 120 valence electrons. The molecule has 0 saturated heterocycles. The monoisotopic (exact) mass is 1500 g/mol. The van der Waals surface area contributed by atoms with Crippen LogP contribution in [-0.4, -0.2) is 211 Å². The molecule has 0 aromatic carbocycles. The van der Waals surface area contributed by atoms with E-state index in [1.807, 2.05) is 0 Å². The molecule has 0 fully saturated rings. The van der Waals surface area contributed by atoms with Crippen molar-refractivity contribution in [1.29, 1.82) is 0 Å². The Hall–Kier alpha value is 10.8. The van der Waals surface area contributed by atoms with Crippen molar-refractivity contribution < 1.29 is 77.2 Å². The van der Waals surface area contributed by atoms with E-state index in [0.717, 1.165) is 196 Å². The van der Waals surface area contributed by atoms with Gasteiger partial charge in [0.05, 0.1) is 0 Å². The van der Waals surface area contributed by atoms with Crippen LogP contribution in [0.3, 0.4) is 0 Å². The van der Waals surface area contributed by atoms with Crippen LogP contribution < -0.4 is 24.8 Å². The molecule has 20 heteroatoms. The van der Waals surface area contributed by atoms with Crippen molar-refractivity contribution in [3.63, 3.8) is 0 Å². The molecular formula is C4As16Cl2Zr2-2. The average Bonchev–Trinajstić information content (AvgIpc) is 3.40. The summed E-state index contributed by atoms with van der Waals surface area (Å²) >= 11 is 14.0. The number of hydrogen-bond acceptors (Lipinski definition) is 0. The van der Waals surface area contributed by atoms with Gasteiger partial charge in [-0.3, -0.25) is 0 Å². The summed E-state index contributed by atoms with van der Waals surface area (Å²) in [4.78, 5) is 0. The maximum Gasteiger partial charge on any atom is 2.00 e. The molecule has 0 aliphatic carbocycles. The Morgan fingerprint density at radius 1 is 0.333 bits per heavy atom.